The van der Waals surface area contributed by atoms with Crippen LogP contribution in [-0.4, -0.2) is 39.0 Å². The fraction of sp³-hybridized carbons (Fsp3) is 0. The summed E-state index contributed by atoms with van der Waals surface area (Å²) in [5.74, 6) is 3.61. The van der Waals surface area contributed by atoms with Gasteiger partial charge in [0.1, 0.15) is 0 Å². The van der Waals surface area contributed by atoms with E-state index in [0.717, 1.165) is 111 Å². The van der Waals surface area contributed by atoms with Crippen molar-refractivity contribution in [3.63, 3.8) is 0 Å². The van der Waals surface area contributed by atoms with Crippen LogP contribution in [0.25, 0.3) is 146 Å². The second-order valence-corrected chi connectivity index (χ2v) is 27.4. The van der Waals surface area contributed by atoms with Gasteiger partial charge in [-0.2, -0.15) is 19.9 Å². The molecule has 4 heterocycles. The van der Waals surface area contributed by atoms with Crippen molar-refractivity contribution in [2.75, 3.05) is 9.80 Å². The maximum Gasteiger partial charge on any atom is 0.238 e. The lowest BCUT2D eigenvalue weighted by Crippen LogP contribution is -2.09. The van der Waals surface area contributed by atoms with Crippen LogP contribution in [0.15, 0.2) is 425 Å². The summed E-state index contributed by atoms with van der Waals surface area (Å²) < 4.78 is 4.36. The van der Waals surface area contributed by atoms with Crippen molar-refractivity contribution in [3.05, 3.63) is 425 Å². The highest BCUT2D eigenvalue weighted by Crippen LogP contribution is 2.43. The van der Waals surface area contributed by atoms with Gasteiger partial charge in [0.25, 0.3) is 0 Å². The number of para-hydroxylation sites is 6. The predicted molar refractivity (Wildman–Crippen MR) is 461 cm³/mol. The van der Waals surface area contributed by atoms with Crippen molar-refractivity contribution >= 4 is 77.7 Å². The van der Waals surface area contributed by atoms with Crippen LogP contribution < -0.4 is 9.80 Å². The summed E-state index contributed by atoms with van der Waals surface area (Å²) in [4.78, 5) is 35.4. The molecule has 0 aliphatic rings. The maximum atomic E-state index is 5.22. The summed E-state index contributed by atoms with van der Waals surface area (Å²) in [5.41, 5.74) is 23.6. The quantitative estimate of drug-likeness (QED) is 0.0944. The van der Waals surface area contributed by atoms with Crippen molar-refractivity contribution in [3.8, 4) is 102 Å². The third-order valence-corrected chi connectivity index (χ3v) is 20.5. The monoisotopic (exact) mass is 1430 g/mol. The summed E-state index contributed by atoms with van der Waals surface area (Å²) in [7, 11) is 0. The molecule has 0 saturated carbocycles. The molecule has 4 aromatic heterocycles. The molecule has 528 valence electrons. The van der Waals surface area contributed by atoms with Gasteiger partial charge in [0.2, 0.25) is 11.9 Å². The first-order valence-corrected chi connectivity index (χ1v) is 37.6. The first-order chi connectivity index (χ1) is 55.6. The molecule has 112 heavy (non-hydrogen) atoms. The molecular formula is C102H70N10. The third kappa shape index (κ3) is 13.2. The van der Waals surface area contributed by atoms with Gasteiger partial charge in [-0.05, 0) is 142 Å². The second kappa shape index (κ2) is 30.2. The van der Waals surface area contributed by atoms with E-state index in [1.807, 2.05) is 84.9 Å². The molecule has 0 aliphatic heterocycles. The fourth-order valence-electron chi connectivity index (χ4n) is 15.3. The SMILES string of the molecule is c1ccc(-c2nc(-c3ccc(-c4ccc(N(c5ccccc5)c5ccccc5)cc4)cc3)nc(-n3c4ccccc4c4c(-c5ccccc5)cccc43)n2)cc1.c1ccc(-c2nc(-c3ccc(-c4cccc(N(c5ccccc5)c5ccccc5)c4)cc3)nc(-n3c4ccccc4c4c(-c5ccccc5)cccc43)n2)cc1. The Balaban J connectivity index is 0.000000151. The summed E-state index contributed by atoms with van der Waals surface area (Å²) in [6, 6.07) is 148. The molecule has 20 aromatic rings. The van der Waals surface area contributed by atoms with Crippen LogP contribution in [0, 0.1) is 0 Å². The highest BCUT2D eigenvalue weighted by atomic mass is 15.2. The van der Waals surface area contributed by atoms with Crippen molar-refractivity contribution in [2.45, 2.75) is 0 Å². The summed E-state index contributed by atoms with van der Waals surface area (Å²) in [5, 5.41) is 4.64. The topological polar surface area (TPSA) is 93.7 Å². The van der Waals surface area contributed by atoms with E-state index < -0.39 is 0 Å². The minimum absolute atomic E-state index is 0.573. The van der Waals surface area contributed by atoms with Crippen LogP contribution in [0.4, 0.5) is 34.1 Å². The van der Waals surface area contributed by atoms with Gasteiger partial charge in [-0.3, -0.25) is 9.13 Å². The molecule has 0 amide bonds. The van der Waals surface area contributed by atoms with Gasteiger partial charge >= 0.3 is 0 Å². The van der Waals surface area contributed by atoms with Gasteiger partial charge in [-0.15, -0.1) is 0 Å². The minimum Gasteiger partial charge on any atom is -0.311 e. The van der Waals surface area contributed by atoms with E-state index in [2.05, 4.69) is 359 Å². The van der Waals surface area contributed by atoms with E-state index in [9.17, 15) is 0 Å². The highest BCUT2D eigenvalue weighted by Gasteiger charge is 2.24. The van der Waals surface area contributed by atoms with Gasteiger partial charge in [-0.1, -0.05) is 328 Å². The normalized spacial score (nSPS) is 11.2. The van der Waals surface area contributed by atoms with Crippen molar-refractivity contribution in [2.24, 2.45) is 0 Å². The van der Waals surface area contributed by atoms with Crippen LogP contribution in [-0.2, 0) is 0 Å². The predicted octanol–water partition coefficient (Wildman–Crippen LogP) is 26.2. The average Bonchev–Trinajstić information content (AvgIpc) is 1.58. The number of fused-ring (bicyclic) bond motifs is 6. The Kier molecular flexibility index (Phi) is 18.1. The molecule has 20 rings (SSSR count). The molecule has 10 nitrogen and oxygen atoms in total. The first-order valence-electron chi connectivity index (χ1n) is 37.6. The van der Waals surface area contributed by atoms with Crippen LogP contribution in [0.3, 0.4) is 0 Å². The Hall–Kier alpha value is -15.3. The zero-order valence-electron chi connectivity index (χ0n) is 60.9. The van der Waals surface area contributed by atoms with Gasteiger partial charge in [0, 0.05) is 77.9 Å². The molecule has 0 unspecified atom stereocenters. The summed E-state index contributed by atoms with van der Waals surface area (Å²) in [6.45, 7) is 0. The number of aromatic nitrogens is 8. The zero-order valence-corrected chi connectivity index (χ0v) is 60.9. The molecule has 0 spiro atoms. The molecule has 0 bridgehead atoms. The number of anilines is 6. The van der Waals surface area contributed by atoms with Crippen LogP contribution in [0.5, 0.6) is 0 Å². The average molecular weight is 1440 g/mol. The molecular weight excluding hydrogens is 1370 g/mol. The molecule has 0 radical (unpaired) electrons. The highest BCUT2D eigenvalue weighted by molar-refractivity contribution is 6.17. The van der Waals surface area contributed by atoms with Gasteiger partial charge < -0.3 is 9.80 Å². The van der Waals surface area contributed by atoms with E-state index in [4.69, 9.17) is 29.9 Å². The molecule has 0 aliphatic carbocycles. The molecule has 0 saturated heterocycles. The van der Waals surface area contributed by atoms with Crippen molar-refractivity contribution in [1.29, 1.82) is 0 Å². The van der Waals surface area contributed by atoms with Crippen LogP contribution in [0.2, 0.25) is 0 Å². The molecule has 0 atom stereocenters. The van der Waals surface area contributed by atoms with Gasteiger partial charge in [0.15, 0.2) is 23.3 Å². The lowest BCUT2D eigenvalue weighted by atomic mass is 9.99. The Labute approximate surface area is 649 Å². The van der Waals surface area contributed by atoms with Gasteiger partial charge in [0.05, 0.1) is 22.1 Å². The number of hydrogen-bond acceptors (Lipinski definition) is 8. The standard InChI is InChI=1S/2C51H35N5/c1-5-17-37(18-6-1)44-28-16-30-47-48(44)45-27-13-14-29-46(45)56(47)51-53-49(38-19-7-2-8-20-38)52-50(54-51)39-33-31-36(32-34-39)40-21-15-26-43(35-40)55(41-22-9-3-10-23-41)42-24-11-4-12-25-42;1-5-16-38(17-6-1)44-25-15-27-47-48(44)45-24-13-14-26-46(45)56(47)51-53-49(39-18-7-2-8-19-39)52-50(54-51)40-30-28-36(29-31-40)37-32-34-43(35-33-37)55(41-20-9-3-10-21-41)42-22-11-4-12-23-42/h2*1-35H. The Morgan fingerprint density at radius 3 is 0.795 bits per heavy atom. The van der Waals surface area contributed by atoms with Crippen molar-refractivity contribution < 1.29 is 0 Å². The molecule has 0 fully saturated rings. The number of nitrogens with zero attached hydrogens (tertiary/aromatic N) is 10. The summed E-state index contributed by atoms with van der Waals surface area (Å²) >= 11 is 0. The smallest absolute Gasteiger partial charge is 0.238 e. The van der Waals surface area contributed by atoms with Crippen LogP contribution >= 0.6 is 0 Å². The molecule has 10 heteroatoms. The lowest BCUT2D eigenvalue weighted by Gasteiger charge is -2.25. The number of hydrogen-bond donors (Lipinski definition) is 0. The second-order valence-electron chi connectivity index (χ2n) is 27.4. The molecule has 16 aromatic carbocycles. The first kappa shape index (κ1) is 67.4. The van der Waals surface area contributed by atoms with Crippen molar-refractivity contribution in [1.82, 2.24) is 39.0 Å². The van der Waals surface area contributed by atoms with E-state index in [1.54, 1.807) is 0 Å². The van der Waals surface area contributed by atoms with E-state index >= 15 is 0 Å². The van der Waals surface area contributed by atoms with E-state index in [1.165, 1.54) is 33.0 Å². The Bertz CT molecular complexity index is 6610. The number of rotatable bonds is 16. The Morgan fingerprint density at radius 1 is 0.170 bits per heavy atom. The Morgan fingerprint density at radius 2 is 0.420 bits per heavy atom. The zero-order chi connectivity index (χ0) is 74.5. The van der Waals surface area contributed by atoms with Gasteiger partial charge in [-0.25, -0.2) is 9.97 Å². The van der Waals surface area contributed by atoms with Crippen LogP contribution in [0.1, 0.15) is 0 Å². The minimum atomic E-state index is 0.573. The number of benzene rings is 16. The fourth-order valence-corrected chi connectivity index (χ4v) is 15.3. The maximum absolute atomic E-state index is 5.22. The lowest BCUT2D eigenvalue weighted by molar-refractivity contribution is 0.953. The molecule has 0 N–H and O–H groups in total. The van der Waals surface area contributed by atoms with E-state index in [0.29, 0.717) is 35.2 Å². The summed E-state index contributed by atoms with van der Waals surface area (Å²) in [6.07, 6.45) is 0. The third-order valence-electron chi connectivity index (χ3n) is 20.5. The largest absolute Gasteiger partial charge is 0.311 e. The van der Waals surface area contributed by atoms with E-state index in [-0.39, 0.29) is 0 Å².